The number of hydrogen-bond donors (Lipinski definition) is 1. The van der Waals surface area contributed by atoms with E-state index in [1.54, 1.807) is 25.1 Å². The highest BCUT2D eigenvalue weighted by atomic mass is 16.5. The fourth-order valence-corrected chi connectivity index (χ4v) is 2.59. The molecule has 2 aromatic rings. The van der Waals surface area contributed by atoms with Crippen LogP contribution in [0.2, 0.25) is 0 Å². The maximum absolute atomic E-state index is 12.4. The molecular weight excluding hydrogens is 296 g/mol. The summed E-state index contributed by atoms with van der Waals surface area (Å²) < 4.78 is 10.4. The zero-order chi connectivity index (χ0) is 16.4. The minimum Gasteiger partial charge on any atom is -0.481 e. The quantitative estimate of drug-likeness (QED) is 0.938. The number of methoxy groups -OCH3 is 1. The molecule has 0 aromatic carbocycles. The lowest BCUT2D eigenvalue weighted by Gasteiger charge is -2.24. The zero-order valence-corrected chi connectivity index (χ0v) is 13.1. The summed E-state index contributed by atoms with van der Waals surface area (Å²) in [5.74, 6) is 0.875. The third kappa shape index (κ3) is 3.11. The van der Waals surface area contributed by atoms with Crippen LogP contribution in [0.15, 0.2) is 33.6 Å². The van der Waals surface area contributed by atoms with Gasteiger partial charge in [-0.05, 0) is 37.5 Å². The molecule has 1 amide bonds. The Hall–Kier alpha value is -2.63. The summed E-state index contributed by atoms with van der Waals surface area (Å²) in [6.45, 7) is 1.75. The van der Waals surface area contributed by atoms with Crippen molar-refractivity contribution < 1.29 is 13.9 Å². The van der Waals surface area contributed by atoms with E-state index in [9.17, 15) is 9.59 Å². The van der Waals surface area contributed by atoms with Crippen LogP contribution in [-0.2, 0) is 0 Å². The SMILES string of the molecule is COc1cc(NC(=O)c2c(C)cc(C3CCC3)oc2=O)ccn1. The maximum Gasteiger partial charge on any atom is 0.349 e. The fourth-order valence-electron chi connectivity index (χ4n) is 2.59. The van der Waals surface area contributed by atoms with Crippen LogP contribution in [-0.4, -0.2) is 18.0 Å². The van der Waals surface area contributed by atoms with Crippen molar-refractivity contribution in [2.75, 3.05) is 12.4 Å². The van der Waals surface area contributed by atoms with E-state index in [2.05, 4.69) is 10.3 Å². The molecule has 0 aliphatic heterocycles. The lowest BCUT2D eigenvalue weighted by atomic mass is 9.83. The van der Waals surface area contributed by atoms with Crippen LogP contribution in [0.1, 0.15) is 46.9 Å². The van der Waals surface area contributed by atoms with Gasteiger partial charge < -0.3 is 14.5 Å². The van der Waals surface area contributed by atoms with Gasteiger partial charge in [0.2, 0.25) is 5.88 Å². The number of rotatable bonds is 4. The molecule has 0 saturated heterocycles. The normalized spacial score (nSPS) is 14.2. The third-order valence-electron chi connectivity index (χ3n) is 4.10. The van der Waals surface area contributed by atoms with E-state index in [4.69, 9.17) is 9.15 Å². The first kappa shape index (κ1) is 15.3. The van der Waals surface area contributed by atoms with Gasteiger partial charge in [-0.25, -0.2) is 9.78 Å². The molecule has 1 aliphatic carbocycles. The molecule has 2 aromatic heterocycles. The Balaban J connectivity index is 1.85. The van der Waals surface area contributed by atoms with Crippen LogP contribution < -0.4 is 15.7 Å². The monoisotopic (exact) mass is 314 g/mol. The fraction of sp³-hybridized carbons (Fsp3) is 0.353. The van der Waals surface area contributed by atoms with Crippen LogP contribution in [0.5, 0.6) is 5.88 Å². The first-order valence-corrected chi connectivity index (χ1v) is 7.54. The van der Waals surface area contributed by atoms with Crippen LogP contribution >= 0.6 is 0 Å². The highest BCUT2D eigenvalue weighted by molar-refractivity contribution is 6.04. The van der Waals surface area contributed by atoms with Gasteiger partial charge in [-0.1, -0.05) is 6.42 Å². The molecule has 6 nitrogen and oxygen atoms in total. The Kier molecular flexibility index (Phi) is 4.14. The molecule has 0 atom stereocenters. The van der Waals surface area contributed by atoms with Crippen LogP contribution in [0, 0.1) is 6.92 Å². The summed E-state index contributed by atoms with van der Waals surface area (Å²) in [5, 5.41) is 2.67. The number of aromatic nitrogens is 1. The van der Waals surface area contributed by atoms with Crippen molar-refractivity contribution in [2.24, 2.45) is 0 Å². The Morgan fingerprint density at radius 2 is 2.17 bits per heavy atom. The predicted molar refractivity (Wildman–Crippen MR) is 85.0 cm³/mol. The summed E-state index contributed by atoms with van der Waals surface area (Å²) in [7, 11) is 1.49. The average molecular weight is 314 g/mol. The van der Waals surface area contributed by atoms with Crippen molar-refractivity contribution >= 4 is 11.6 Å². The molecule has 6 heteroatoms. The Morgan fingerprint density at radius 3 is 2.78 bits per heavy atom. The van der Waals surface area contributed by atoms with Crippen molar-refractivity contribution in [3.05, 3.63) is 51.7 Å². The van der Waals surface area contributed by atoms with E-state index in [1.807, 2.05) is 0 Å². The molecule has 1 saturated carbocycles. The van der Waals surface area contributed by atoms with E-state index >= 15 is 0 Å². The van der Waals surface area contributed by atoms with Crippen molar-refractivity contribution in [1.82, 2.24) is 4.98 Å². The van der Waals surface area contributed by atoms with Crippen LogP contribution in [0.4, 0.5) is 5.69 Å². The molecule has 0 unspecified atom stereocenters. The van der Waals surface area contributed by atoms with Gasteiger partial charge in [0.1, 0.15) is 11.3 Å². The van der Waals surface area contributed by atoms with Gasteiger partial charge >= 0.3 is 5.63 Å². The molecular formula is C17H18N2O4. The van der Waals surface area contributed by atoms with E-state index in [0.717, 1.165) is 19.3 Å². The number of nitrogens with zero attached hydrogens (tertiary/aromatic N) is 1. The number of ether oxygens (including phenoxy) is 1. The molecule has 0 bridgehead atoms. The summed E-state index contributed by atoms with van der Waals surface area (Å²) in [6.07, 6.45) is 4.73. The van der Waals surface area contributed by atoms with Gasteiger partial charge in [-0.15, -0.1) is 0 Å². The van der Waals surface area contributed by atoms with Crippen LogP contribution in [0.3, 0.4) is 0 Å². The molecule has 3 rings (SSSR count). The molecule has 120 valence electrons. The van der Waals surface area contributed by atoms with Crippen molar-refractivity contribution in [2.45, 2.75) is 32.1 Å². The summed E-state index contributed by atoms with van der Waals surface area (Å²) >= 11 is 0. The van der Waals surface area contributed by atoms with E-state index in [0.29, 0.717) is 28.8 Å². The number of carbonyl (C=O) groups is 1. The molecule has 1 fully saturated rings. The van der Waals surface area contributed by atoms with Gasteiger partial charge in [0.25, 0.3) is 5.91 Å². The molecule has 2 heterocycles. The first-order valence-electron chi connectivity index (χ1n) is 7.54. The zero-order valence-electron chi connectivity index (χ0n) is 13.1. The summed E-state index contributed by atoms with van der Waals surface area (Å²) in [4.78, 5) is 28.5. The van der Waals surface area contributed by atoms with Gasteiger partial charge in [0, 0.05) is 23.9 Å². The van der Waals surface area contributed by atoms with E-state index in [-0.39, 0.29) is 5.56 Å². The van der Waals surface area contributed by atoms with Gasteiger partial charge in [0.05, 0.1) is 7.11 Å². The van der Waals surface area contributed by atoms with Crippen molar-refractivity contribution in [1.29, 1.82) is 0 Å². The first-order chi connectivity index (χ1) is 11.1. The summed E-state index contributed by atoms with van der Waals surface area (Å²) in [5.41, 5.74) is 0.569. The largest absolute Gasteiger partial charge is 0.481 e. The molecule has 1 N–H and O–H groups in total. The highest BCUT2D eigenvalue weighted by Crippen LogP contribution is 2.36. The lowest BCUT2D eigenvalue weighted by molar-refractivity contribution is 0.102. The number of pyridine rings is 1. The minimum atomic E-state index is -0.592. The second-order valence-corrected chi connectivity index (χ2v) is 5.66. The second-order valence-electron chi connectivity index (χ2n) is 5.66. The Morgan fingerprint density at radius 1 is 1.39 bits per heavy atom. The number of carbonyl (C=O) groups excluding carboxylic acids is 1. The lowest BCUT2D eigenvalue weighted by Crippen LogP contribution is -2.24. The van der Waals surface area contributed by atoms with Crippen molar-refractivity contribution in [3.8, 4) is 5.88 Å². The van der Waals surface area contributed by atoms with Gasteiger partial charge in [-0.2, -0.15) is 0 Å². The third-order valence-corrected chi connectivity index (χ3v) is 4.10. The smallest absolute Gasteiger partial charge is 0.349 e. The van der Waals surface area contributed by atoms with E-state index < -0.39 is 11.5 Å². The number of anilines is 1. The molecule has 1 aliphatic rings. The van der Waals surface area contributed by atoms with Gasteiger partial charge in [0.15, 0.2) is 0 Å². The topological polar surface area (TPSA) is 81.4 Å². The highest BCUT2D eigenvalue weighted by Gasteiger charge is 2.25. The van der Waals surface area contributed by atoms with E-state index in [1.165, 1.54) is 13.3 Å². The molecule has 23 heavy (non-hydrogen) atoms. The Bertz CT molecular complexity index is 793. The standard InChI is InChI=1S/C17H18N2O4/c1-10-8-13(11-4-3-5-11)23-17(21)15(10)16(20)19-12-6-7-18-14(9-12)22-2/h6-9,11H,3-5H2,1-2H3,(H,18,19,20). The number of nitrogens with one attached hydrogen (secondary N) is 1. The number of hydrogen-bond acceptors (Lipinski definition) is 5. The Labute approximate surface area is 133 Å². The van der Waals surface area contributed by atoms with Crippen molar-refractivity contribution in [3.63, 3.8) is 0 Å². The number of amides is 1. The second kappa shape index (κ2) is 6.24. The minimum absolute atomic E-state index is 0.0313. The molecule has 0 radical (unpaired) electrons. The van der Waals surface area contributed by atoms with Gasteiger partial charge in [-0.3, -0.25) is 4.79 Å². The average Bonchev–Trinajstić information content (AvgIpc) is 2.44. The van der Waals surface area contributed by atoms with Crippen LogP contribution in [0.25, 0.3) is 0 Å². The maximum atomic E-state index is 12.4. The number of aryl methyl sites for hydroxylation is 1. The molecule has 0 spiro atoms. The summed E-state index contributed by atoms with van der Waals surface area (Å²) in [6, 6.07) is 5.00. The predicted octanol–water partition coefficient (Wildman–Crippen LogP) is 2.87.